The van der Waals surface area contributed by atoms with Crippen molar-refractivity contribution < 1.29 is 14.3 Å². The molecule has 0 aliphatic carbocycles. The number of carbonyl (C=O) groups is 2. The van der Waals surface area contributed by atoms with Crippen LogP contribution in [0.3, 0.4) is 0 Å². The molecule has 1 aliphatic rings. The number of carbonyl (C=O) groups excluding carboxylic acids is 2. The van der Waals surface area contributed by atoms with Gasteiger partial charge in [-0.15, -0.1) is 0 Å². The molecule has 1 saturated heterocycles. The SMILES string of the molecule is CC(=O)c1ccccc1OC(CCCCN1CCC(c2cccc(NC(=O)C(C)C)c2)CC1)c1ccccc1. The summed E-state index contributed by atoms with van der Waals surface area (Å²) < 4.78 is 6.43. The second kappa shape index (κ2) is 14.1. The topological polar surface area (TPSA) is 58.6 Å². The fourth-order valence-electron chi connectivity index (χ4n) is 5.29. The quantitative estimate of drug-likeness (QED) is 0.194. The summed E-state index contributed by atoms with van der Waals surface area (Å²) in [4.78, 5) is 26.8. The lowest BCUT2D eigenvalue weighted by Crippen LogP contribution is -2.33. The van der Waals surface area contributed by atoms with E-state index < -0.39 is 0 Å². The number of hydrogen-bond acceptors (Lipinski definition) is 4. The number of nitrogens with zero attached hydrogens (tertiary/aromatic N) is 1. The minimum atomic E-state index is -0.0825. The molecular weight excluding hydrogens is 484 g/mol. The zero-order valence-corrected chi connectivity index (χ0v) is 23.6. The third-order valence-corrected chi connectivity index (χ3v) is 7.64. The van der Waals surface area contributed by atoms with Crippen LogP contribution in [-0.2, 0) is 4.79 Å². The van der Waals surface area contributed by atoms with Gasteiger partial charge in [0.25, 0.3) is 0 Å². The molecule has 0 radical (unpaired) electrons. The van der Waals surface area contributed by atoms with Gasteiger partial charge in [0.1, 0.15) is 11.9 Å². The summed E-state index contributed by atoms with van der Waals surface area (Å²) in [6, 6.07) is 26.2. The van der Waals surface area contributed by atoms with Gasteiger partial charge in [-0.25, -0.2) is 0 Å². The number of rotatable bonds is 12. The fourth-order valence-corrected chi connectivity index (χ4v) is 5.29. The number of anilines is 1. The summed E-state index contributed by atoms with van der Waals surface area (Å²) in [5, 5.41) is 3.03. The van der Waals surface area contributed by atoms with Crippen molar-refractivity contribution in [2.75, 3.05) is 25.0 Å². The second-order valence-electron chi connectivity index (χ2n) is 11.0. The molecule has 1 atom stereocenters. The van der Waals surface area contributed by atoms with Crippen molar-refractivity contribution in [2.45, 2.75) is 64.9 Å². The first-order valence-electron chi connectivity index (χ1n) is 14.4. The normalized spacial score (nSPS) is 15.2. The van der Waals surface area contributed by atoms with Gasteiger partial charge in [0.2, 0.25) is 5.91 Å². The van der Waals surface area contributed by atoms with Crippen LogP contribution >= 0.6 is 0 Å². The van der Waals surface area contributed by atoms with Gasteiger partial charge < -0.3 is 15.0 Å². The van der Waals surface area contributed by atoms with E-state index in [-0.39, 0.29) is 23.7 Å². The van der Waals surface area contributed by atoms with Crippen LogP contribution in [0.5, 0.6) is 5.75 Å². The van der Waals surface area contributed by atoms with E-state index in [1.54, 1.807) is 6.92 Å². The average molecular weight is 527 g/mol. The van der Waals surface area contributed by atoms with Crippen molar-refractivity contribution in [3.63, 3.8) is 0 Å². The molecule has 1 N–H and O–H groups in total. The molecule has 1 heterocycles. The number of ether oxygens (including phenoxy) is 1. The molecule has 1 aliphatic heterocycles. The van der Waals surface area contributed by atoms with Gasteiger partial charge in [0.15, 0.2) is 5.78 Å². The maximum absolute atomic E-state index is 12.1. The largest absolute Gasteiger partial charge is 0.485 e. The minimum absolute atomic E-state index is 0.0212. The highest BCUT2D eigenvalue weighted by molar-refractivity contribution is 5.96. The Bertz CT molecular complexity index is 1220. The Kier molecular flexibility index (Phi) is 10.3. The predicted molar refractivity (Wildman–Crippen MR) is 158 cm³/mol. The van der Waals surface area contributed by atoms with E-state index in [4.69, 9.17) is 4.74 Å². The molecular formula is C34H42N2O3. The van der Waals surface area contributed by atoms with Crippen LogP contribution in [0.15, 0.2) is 78.9 Å². The summed E-state index contributed by atoms with van der Waals surface area (Å²) in [6.45, 7) is 8.69. The van der Waals surface area contributed by atoms with Crippen LogP contribution in [-0.4, -0.2) is 36.2 Å². The smallest absolute Gasteiger partial charge is 0.226 e. The molecule has 0 aromatic heterocycles. The van der Waals surface area contributed by atoms with Crippen molar-refractivity contribution in [2.24, 2.45) is 5.92 Å². The van der Waals surface area contributed by atoms with Gasteiger partial charge in [0.05, 0.1) is 5.56 Å². The van der Waals surface area contributed by atoms with Crippen molar-refractivity contribution in [3.8, 4) is 5.75 Å². The van der Waals surface area contributed by atoms with E-state index in [1.165, 1.54) is 5.56 Å². The second-order valence-corrected chi connectivity index (χ2v) is 11.0. The third kappa shape index (κ3) is 8.27. The lowest BCUT2D eigenvalue weighted by atomic mass is 9.89. The number of para-hydroxylation sites is 1. The van der Waals surface area contributed by atoms with Crippen molar-refractivity contribution in [1.29, 1.82) is 0 Å². The number of ketones is 1. The standard InChI is InChI=1S/C34H42N2O3/c1-25(2)34(38)35-30-15-11-14-29(24-30)27-19-22-36(23-20-27)21-10-9-17-32(28-12-5-4-6-13-28)39-33-18-8-7-16-31(33)26(3)37/h4-8,11-16,18,24-25,27,32H,9-10,17,19-23H2,1-3H3,(H,35,38). The fraction of sp³-hybridized carbons (Fsp3) is 0.412. The molecule has 3 aromatic rings. The minimum Gasteiger partial charge on any atom is -0.485 e. The molecule has 1 unspecified atom stereocenters. The summed E-state index contributed by atoms with van der Waals surface area (Å²) in [5.41, 5.74) is 4.00. The van der Waals surface area contributed by atoms with Crippen LogP contribution in [0.4, 0.5) is 5.69 Å². The maximum Gasteiger partial charge on any atom is 0.226 e. The average Bonchev–Trinajstić information content (AvgIpc) is 2.95. The Labute approximate surface area is 233 Å². The third-order valence-electron chi connectivity index (χ3n) is 7.64. The number of hydrogen-bond donors (Lipinski definition) is 1. The van der Waals surface area contributed by atoms with Crippen molar-refractivity contribution in [1.82, 2.24) is 4.90 Å². The van der Waals surface area contributed by atoms with Gasteiger partial charge in [-0.2, -0.15) is 0 Å². The predicted octanol–water partition coefficient (Wildman–Crippen LogP) is 7.65. The zero-order valence-electron chi connectivity index (χ0n) is 23.6. The lowest BCUT2D eigenvalue weighted by molar-refractivity contribution is -0.118. The Hall–Kier alpha value is -3.44. The van der Waals surface area contributed by atoms with Crippen LogP contribution in [0, 0.1) is 5.92 Å². The number of Topliss-reactive ketones (excluding diaryl/α,β-unsaturated/α-hetero) is 1. The van der Waals surface area contributed by atoms with E-state index in [0.29, 0.717) is 17.2 Å². The van der Waals surface area contributed by atoms with E-state index in [1.807, 2.05) is 62.4 Å². The molecule has 5 nitrogen and oxygen atoms in total. The van der Waals surface area contributed by atoms with Gasteiger partial charge in [-0.05, 0) is 100.0 Å². The molecule has 1 amide bonds. The van der Waals surface area contributed by atoms with Gasteiger partial charge in [0, 0.05) is 11.6 Å². The molecule has 0 spiro atoms. The first-order valence-corrected chi connectivity index (χ1v) is 14.4. The molecule has 1 fully saturated rings. The van der Waals surface area contributed by atoms with Crippen LogP contribution < -0.4 is 10.1 Å². The molecule has 4 rings (SSSR count). The van der Waals surface area contributed by atoms with E-state index in [0.717, 1.165) is 63.0 Å². The molecule has 3 aromatic carbocycles. The summed E-state index contributed by atoms with van der Waals surface area (Å²) in [7, 11) is 0. The highest BCUT2D eigenvalue weighted by Crippen LogP contribution is 2.31. The van der Waals surface area contributed by atoms with Gasteiger partial charge >= 0.3 is 0 Å². The number of nitrogens with one attached hydrogen (secondary N) is 1. The molecule has 206 valence electrons. The monoisotopic (exact) mass is 526 g/mol. The summed E-state index contributed by atoms with van der Waals surface area (Å²) in [5.74, 6) is 1.25. The number of piperidine rings is 1. The molecule has 39 heavy (non-hydrogen) atoms. The zero-order chi connectivity index (χ0) is 27.6. The highest BCUT2D eigenvalue weighted by atomic mass is 16.5. The Balaban J connectivity index is 1.26. The number of likely N-dealkylation sites (tertiary alicyclic amines) is 1. The first kappa shape index (κ1) is 28.6. The van der Waals surface area contributed by atoms with E-state index in [9.17, 15) is 9.59 Å². The van der Waals surface area contributed by atoms with Crippen LogP contribution in [0.25, 0.3) is 0 Å². The highest BCUT2D eigenvalue weighted by Gasteiger charge is 2.22. The summed E-state index contributed by atoms with van der Waals surface area (Å²) in [6.07, 6.45) is 5.27. The van der Waals surface area contributed by atoms with Crippen molar-refractivity contribution in [3.05, 3.63) is 95.6 Å². The number of amides is 1. The molecule has 5 heteroatoms. The summed E-state index contributed by atoms with van der Waals surface area (Å²) >= 11 is 0. The Morgan fingerprint density at radius 3 is 2.36 bits per heavy atom. The lowest BCUT2D eigenvalue weighted by Gasteiger charge is -2.32. The molecule has 0 bridgehead atoms. The van der Waals surface area contributed by atoms with Crippen LogP contribution in [0.2, 0.25) is 0 Å². The Morgan fingerprint density at radius 1 is 0.923 bits per heavy atom. The number of benzene rings is 3. The number of unbranched alkanes of at least 4 members (excludes halogenated alkanes) is 1. The van der Waals surface area contributed by atoms with Gasteiger partial charge in [-0.3, -0.25) is 9.59 Å². The Morgan fingerprint density at radius 2 is 1.64 bits per heavy atom. The molecule has 0 saturated carbocycles. The van der Waals surface area contributed by atoms with Crippen LogP contribution in [0.1, 0.15) is 86.4 Å². The maximum atomic E-state index is 12.1. The van der Waals surface area contributed by atoms with Gasteiger partial charge in [-0.1, -0.05) is 68.4 Å². The van der Waals surface area contributed by atoms with E-state index in [2.05, 4.69) is 40.5 Å². The van der Waals surface area contributed by atoms with Crippen molar-refractivity contribution >= 4 is 17.4 Å². The first-order chi connectivity index (χ1) is 18.9. The van der Waals surface area contributed by atoms with E-state index >= 15 is 0 Å².